The van der Waals surface area contributed by atoms with E-state index < -0.39 is 23.8 Å². The molecule has 0 bridgehead atoms. The Hall–Kier alpha value is -3.44. The van der Waals surface area contributed by atoms with Crippen LogP contribution in [0.15, 0.2) is 54.4 Å². The average Bonchev–Trinajstić information content (AvgIpc) is 3.27. The van der Waals surface area contributed by atoms with Crippen molar-refractivity contribution in [3.05, 3.63) is 59.9 Å². The van der Waals surface area contributed by atoms with Gasteiger partial charge in [-0.2, -0.15) is 4.57 Å². The number of ether oxygens (including phenoxy) is 2. The normalized spacial score (nSPS) is 21.8. The number of pyridine rings is 1. The fraction of sp³-hybridized carbons (Fsp3) is 0.348. The van der Waals surface area contributed by atoms with Gasteiger partial charge in [0.05, 0.1) is 24.7 Å². The second-order valence-electron chi connectivity index (χ2n) is 7.54. The van der Waals surface area contributed by atoms with E-state index in [1.165, 1.54) is 0 Å². The maximum absolute atomic E-state index is 12.8. The number of nitrogens with one attached hydrogen (secondary N) is 2. The van der Waals surface area contributed by atoms with Gasteiger partial charge in [-0.1, -0.05) is 12.1 Å². The van der Waals surface area contributed by atoms with Gasteiger partial charge in [0, 0.05) is 12.1 Å². The first-order valence-electron chi connectivity index (χ1n) is 10.1. The fourth-order valence-corrected chi connectivity index (χ4v) is 4.25. The predicted octanol–water partition coefficient (Wildman–Crippen LogP) is 2.46. The van der Waals surface area contributed by atoms with Crippen LogP contribution in [0.3, 0.4) is 0 Å². The molecule has 1 aliphatic heterocycles. The third-order valence-electron chi connectivity index (χ3n) is 5.71. The number of methoxy groups -OCH3 is 1. The summed E-state index contributed by atoms with van der Waals surface area (Å²) in [4.78, 5) is 25.2. The summed E-state index contributed by atoms with van der Waals surface area (Å²) in [6.07, 6.45) is 8.08. The molecule has 4 rings (SSSR count). The molecule has 2 aromatic rings. The quantitative estimate of drug-likeness (QED) is 0.345. The van der Waals surface area contributed by atoms with Crippen molar-refractivity contribution in [2.24, 2.45) is 0 Å². The third kappa shape index (κ3) is 3.72. The lowest BCUT2D eigenvalue weighted by molar-refractivity contribution is -0.711. The predicted molar refractivity (Wildman–Crippen MR) is 109 cm³/mol. The Balaban J connectivity index is 1.76. The minimum atomic E-state index is -0.733. The van der Waals surface area contributed by atoms with E-state index in [1.807, 2.05) is 30.3 Å². The highest BCUT2D eigenvalue weighted by atomic mass is 16.5. The lowest BCUT2D eigenvalue weighted by atomic mass is 9.81. The molecule has 1 saturated carbocycles. The van der Waals surface area contributed by atoms with Crippen molar-refractivity contribution in [3.8, 4) is 11.5 Å². The molecule has 0 radical (unpaired) electrons. The Morgan fingerprint density at radius 1 is 1.10 bits per heavy atom. The van der Waals surface area contributed by atoms with Crippen LogP contribution in [0.25, 0.3) is 0 Å². The summed E-state index contributed by atoms with van der Waals surface area (Å²) < 4.78 is 13.4. The van der Waals surface area contributed by atoms with Crippen LogP contribution in [0, 0.1) is 5.41 Å². The molecule has 1 aromatic heterocycles. The zero-order chi connectivity index (χ0) is 21.1. The van der Waals surface area contributed by atoms with Crippen molar-refractivity contribution in [1.82, 2.24) is 5.32 Å². The molecule has 2 fully saturated rings. The molecular formula is C23H24N3O4+. The van der Waals surface area contributed by atoms with Crippen molar-refractivity contribution < 1.29 is 23.6 Å². The van der Waals surface area contributed by atoms with Crippen LogP contribution in [0.4, 0.5) is 0 Å². The number of carbonyl (C=O) groups is 2. The van der Waals surface area contributed by atoms with Gasteiger partial charge in [-0.05, 0) is 49.2 Å². The second kappa shape index (κ2) is 8.51. The molecule has 2 atom stereocenters. The molecule has 2 aliphatic rings. The summed E-state index contributed by atoms with van der Waals surface area (Å²) in [5, 5.41) is 10.0. The van der Waals surface area contributed by atoms with Crippen molar-refractivity contribution in [3.63, 3.8) is 0 Å². The zero-order valence-electron chi connectivity index (χ0n) is 16.8. The van der Waals surface area contributed by atoms with Gasteiger partial charge in [0.25, 0.3) is 11.8 Å². The highest BCUT2D eigenvalue weighted by Crippen LogP contribution is 2.39. The number of hydrogen-bond acceptors (Lipinski definition) is 5. The monoisotopic (exact) mass is 406 g/mol. The number of amides is 2. The number of carbonyl (C=O) groups excluding carboxylic acids is 2. The highest BCUT2D eigenvalue weighted by molar-refractivity contribution is 6.13. The second-order valence-corrected chi connectivity index (χ2v) is 7.54. The van der Waals surface area contributed by atoms with Gasteiger partial charge in [-0.25, -0.2) is 0 Å². The van der Waals surface area contributed by atoms with Crippen LogP contribution in [0.1, 0.15) is 43.2 Å². The Morgan fingerprint density at radius 2 is 1.83 bits per heavy atom. The number of nitrogens with zero attached hydrogens (tertiary/aromatic N) is 1. The molecule has 0 unspecified atom stereocenters. The van der Waals surface area contributed by atoms with Crippen molar-refractivity contribution >= 4 is 17.7 Å². The smallest absolute Gasteiger partial charge is 0.296 e. The first-order chi connectivity index (χ1) is 14.6. The summed E-state index contributed by atoms with van der Waals surface area (Å²) >= 11 is 0. The van der Waals surface area contributed by atoms with E-state index in [0.29, 0.717) is 17.1 Å². The van der Waals surface area contributed by atoms with Gasteiger partial charge >= 0.3 is 0 Å². The summed E-state index contributed by atoms with van der Waals surface area (Å²) in [5.74, 6) is 1.73. The van der Waals surface area contributed by atoms with Crippen LogP contribution in [-0.4, -0.2) is 30.9 Å². The number of piperidine rings is 1. The maximum Gasteiger partial charge on any atom is 0.296 e. The van der Waals surface area contributed by atoms with Crippen LogP contribution in [0.5, 0.6) is 11.5 Å². The molecule has 7 nitrogen and oxygen atoms in total. The van der Waals surface area contributed by atoms with Crippen LogP contribution in [0.2, 0.25) is 0 Å². The Morgan fingerprint density at radius 3 is 2.50 bits per heavy atom. The lowest BCUT2D eigenvalue weighted by Crippen LogP contribution is -2.57. The van der Waals surface area contributed by atoms with Gasteiger partial charge in [0.2, 0.25) is 6.04 Å². The summed E-state index contributed by atoms with van der Waals surface area (Å²) in [6.45, 7) is 0. The largest absolute Gasteiger partial charge is 0.493 e. The molecule has 1 saturated heterocycles. The topological polar surface area (TPSA) is 92.4 Å². The molecule has 2 N–H and O–H groups in total. The standard InChI is InChI=1S/C23H23N3O4/c1-29-19-13-15(9-10-18(19)30-16-7-3-4-8-16)20-17(14-24)22(27)25-23(28)21(20)26-11-5-2-6-12-26/h2,5-6,9-13,16,20-21,24H,3-4,7-8H2,1H3/p+1/t20-,21+/m0/s1. The van der Waals surface area contributed by atoms with Crippen LogP contribution in [-0.2, 0) is 9.59 Å². The van der Waals surface area contributed by atoms with Gasteiger partial charge < -0.3 is 9.47 Å². The molecule has 154 valence electrons. The Bertz CT molecular complexity index is 1010. The van der Waals surface area contributed by atoms with Crippen molar-refractivity contribution in [1.29, 1.82) is 5.41 Å². The highest BCUT2D eigenvalue weighted by Gasteiger charge is 2.47. The summed E-state index contributed by atoms with van der Waals surface area (Å²) in [6, 6.07) is 10.2. The summed E-state index contributed by atoms with van der Waals surface area (Å²) in [7, 11) is 1.57. The van der Waals surface area contributed by atoms with Gasteiger partial charge in [-0.15, -0.1) is 0 Å². The number of imide groups is 1. The average molecular weight is 406 g/mol. The first kappa shape index (κ1) is 19.9. The molecule has 30 heavy (non-hydrogen) atoms. The molecule has 2 heterocycles. The SMILES string of the molecule is COc1cc([C@H]2C(=C=N)C(=O)NC(=O)[C@@H]2[n+]2ccccc2)ccc1OC1CCCC1. The van der Waals surface area contributed by atoms with Crippen molar-refractivity contribution in [2.45, 2.75) is 43.7 Å². The number of aromatic nitrogens is 1. The lowest BCUT2D eigenvalue weighted by Gasteiger charge is -2.28. The van der Waals surface area contributed by atoms with Crippen LogP contribution >= 0.6 is 0 Å². The minimum Gasteiger partial charge on any atom is -0.493 e. The number of rotatable bonds is 5. The van der Waals surface area contributed by atoms with E-state index in [0.717, 1.165) is 25.7 Å². The Labute approximate surface area is 174 Å². The van der Waals surface area contributed by atoms with E-state index in [2.05, 4.69) is 11.2 Å². The molecule has 7 heteroatoms. The van der Waals surface area contributed by atoms with E-state index >= 15 is 0 Å². The summed E-state index contributed by atoms with van der Waals surface area (Å²) in [5.41, 5.74) is 0.785. The molecule has 0 spiro atoms. The van der Waals surface area contributed by atoms with Crippen molar-refractivity contribution in [2.75, 3.05) is 7.11 Å². The third-order valence-corrected chi connectivity index (χ3v) is 5.71. The van der Waals surface area contributed by atoms with Gasteiger partial charge in [0.1, 0.15) is 0 Å². The number of benzene rings is 1. The van der Waals surface area contributed by atoms with Gasteiger partial charge in [-0.3, -0.25) is 20.3 Å². The molecule has 1 aromatic carbocycles. The fourth-order valence-electron chi connectivity index (χ4n) is 4.25. The molecule has 2 amide bonds. The van der Waals surface area contributed by atoms with E-state index in [4.69, 9.17) is 14.9 Å². The maximum atomic E-state index is 12.8. The van der Waals surface area contributed by atoms with E-state index in [-0.39, 0.29) is 11.7 Å². The first-order valence-corrected chi connectivity index (χ1v) is 10.1. The minimum absolute atomic E-state index is 0.0995. The Kier molecular flexibility index (Phi) is 5.63. The number of hydrogen-bond donors (Lipinski definition) is 2. The van der Waals surface area contributed by atoms with E-state index in [9.17, 15) is 9.59 Å². The molecular weight excluding hydrogens is 382 g/mol. The van der Waals surface area contributed by atoms with E-state index in [1.54, 1.807) is 30.1 Å². The molecule has 1 aliphatic carbocycles. The van der Waals surface area contributed by atoms with Gasteiger partial charge in [0.15, 0.2) is 23.9 Å². The van der Waals surface area contributed by atoms with Crippen LogP contribution < -0.4 is 19.4 Å². The zero-order valence-corrected chi connectivity index (χ0v) is 16.8.